The van der Waals surface area contributed by atoms with E-state index in [1.165, 1.54) is 19.3 Å². The summed E-state index contributed by atoms with van der Waals surface area (Å²) in [4.78, 5) is 14.7. The molecule has 1 aromatic rings. The lowest BCUT2D eigenvalue weighted by molar-refractivity contribution is -0.145. The summed E-state index contributed by atoms with van der Waals surface area (Å²) in [5.41, 5.74) is 0. The number of carbonyl (C=O) groups is 1. The molecule has 0 unspecified atom stereocenters. The molecule has 1 saturated heterocycles. The molecule has 1 aliphatic heterocycles. The van der Waals surface area contributed by atoms with Gasteiger partial charge in [-0.1, -0.05) is 19.3 Å². The minimum atomic E-state index is -0.230. The molecule has 3 rings (SSSR count). The van der Waals surface area contributed by atoms with E-state index in [0.717, 1.165) is 38.1 Å². The number of carbonyl (C=O) groups excluding carboxylic acids is 1. The van der Waals surface area contributed by atoms with Crippen LogP contribution in [-0.2, 0) is 16.1 Å². The fourth-order valence-electron chi connectivity index (χ4n) is 3.31. The SMILES string of the molecule is O=C([C@H]1CCCO1)N(Cc1ccco1)C1CCCCC1. The van der Waals surface area contributed by atoms with E-state index in [9.17, 15) is 4.79 Å². The Balaban J connectivity index is 1.72. The summed E-state index contributed by atoms with van der Waals surface area (Å²) >= 11 is 0. The zero-order valence-electron chi connectivity index (χ0n) is 11.9. The molecular weight excluding hydrogens is 254 g/mol. The first-order valence-electron chi connectivity index (χ1n) is 7.79. The Hall–Kier alpha value is -1.29. The molecule has 2 fully saturated rings. The highest BCUT2D eigenvalue weighted by Crippen LogP contribution is 2.26. The molecule has 0 aromatic carbocycles. The van der Waals surface area contributed by atoms with Gasteiger partial charge in [0.25, 0.3) is 5.91 Å². The Morgan fingerprint density at radius 1 is 1.20 bits per heavy atom. The molecule has 4 nitrogen and oxygen atoms in total. The Kier molecular flexibility index (Phi) is 4.41. The van der Waals surface area contributed by atoms with Crippen LogP contribution in [0, 0.1) is 0 Å². The van der Waals surface area contributed by atoms with Crippen LogP contribution in [0.2, 0.25) is 0 Å². The number of hydrogen-bond acceptors (Lipinski definition) is 3. The molecule has 0 radical (unpaired) electrons. The summed E-state index contributed by atoms with van der Waals surface area (Å²) < 4.78 is 11.0. The van der Waals surface area contributed by atoms with Gasteiger partial charge in [-0.05, 0) is 37.8 Å². The van der Waals surface area contributed by atoms with Gasteiger partial charge in [0.15, 0.2) is 0 Å². The number of ether oxygens (including phenoxy) is 1. The Morgan fingerprint density at radius 2 is 2.05 bits per heavy atom. The van der Waals surface area contributed by atoms with Crippen LogP contribution in [-0.4, -0.2) is 29.6 Å². The third-order valence-electron chi connectivity index (χ3n) is 4.41. The highest BCUT2D eigenvalue weighted by Gasteiger charge is 2.33. The summed E-state index contributed by atoms with van der Waals surface area (Å²) in [5.74, 6) is 1.02. The van der Waals surface area contributed by atoms with Crippen molar-refractivity contribution in [3.63, 3.8) is 0 Å². The largest absolute Gasteiger partial charge is 0.467 e. The van der Waals surface area contributed by atoms with Crippen molar-refractivity contribution in [1.82, 2.24) is 4.90 Å². The van der Waals surface area contributed by atoms with Crippen LogP contribution in [0.3, 0.4) is 0 Å². The molecule has 0 bridgehead atoms. The van der Waals surface area contributed by atoms with Gasteiger partial charge in [-0.25, -0.2) is 0 Å². The summed E-state index contributed by atoms with van der Waals surface area (Å²) in [7, 11) is 0. The lowest BCUT2D eigenvalue weighted by Crippen LogP contribution is -2.45. The first kappa shape index (κ1) is 13.7. The zero-order valence-corrected chi connectivity index (χ0v) is 11.9. The van der Waals surface area contributed by atoms with Crippen molar-refractivity contribution in [2.45, 2.75) is 63.6 Å². The molecule has 4 heteroatoms. The van der Waals surface area contributed by atoms with Crippen LogP contribution in [0.15, 0.2) is 22.8 Å². The second kappa shape index (κ2) is 6.44. The second-order valence-electron chi connectivity index (χ2n) is 5.84. The molecule has 1 saturated carbocycles. The van der Waals surface area contributed by atoms with Crippen LogP contribution >= 0.6 is 0 Å². The first-order chi connectivity index (χ1) is 9.84. The molecule has 1 atom stereocenters. The normalized spacial score (nSPS) is 23.9. The van der Waals surface area contributed by atoms with E-state index >= 15 is 0 Å². The lowest BCUT2D eigenvalue weighted by atomic mass is 9.93. The second-order valence-corrected chi connectivity index (χ2v) is 5.84. The molecule has 1 amide bonds. The maximum atomic E-state index is 12.7. The van der Waals surface area contributed by atoms with E-state index in [-0.39, 0.29) is 12.0 Å². The fourth-order valence-corrected chi connectivity index (χ4v) is 3.31. The predicted molar refractivity (Wildman–Crippen MR) is 75.1 cm³/mol. The molecule has 20 heavy (non-hydrogen) atoms. The predicted octanol–water partition coefficient (Wildman–Crippen LogP) is 3.12. The maximum absolute atomic E-state index is 12.7. The van der Waals surface area contributed by atoms with E-state index in [1.54, 1.807) is 6.26 Å². The van der Waals surface area contributed by atoms with Gasteiger partial charge in [-0.15, -0.1) is 0 Å². The van der Waals surface area contributed by atoms with Gasteiger partial charge in [0.2, 0.25) is 0 Å². The first-order valence-corrected chi connectivity index (χ1v) is 7.79. The van der Waals surface area contributed by atoms with Crippen molar-refractivity contribution < 1.29 is 13.9 Å². The molecule has 2 aliphatic rings. The van der Waals surface area contributed by atoms with Crippen molar-refractivity contribution in [3.05, 3.63) is 24.2 Å². The number of hydrogen-bond donors (Lipinski definition) is 0. The average Bonchev–Trinajstić information content (AvgIpc) is 3.18. The fraction of sp³-hybridized carbons (Fsp3) is 0.688. The number of nitrogens with zero attached hydrogens (tertiary/aromatic N) is 1. The van der Waals surface area contributed by atoms with Crippen molar-refractivity contribution in [1.29, 1.82) is 0 Å². The van der Waals surface area contributed by atoms with Gasteiger partial charge < -0.3 is 14.1 Å². The highest BCUT2D eigenvalue weighted by atomic mass is 16.5. The minimum Gasteiger partial charge on any atom is -0.467 e. The smallest absolute Gasteiger partial charge is 0.252 e. The number of amides is 1. The van der Waals surface area contributed by atoms with Gasteiger partial charge in [0.05, 0.1) is 12.8 Å². The van der Waals surface area contributed by atoms with Crippen molar-refractivity contribution in [2.24, 2.45) is 0 Å². The Morgan fingerprint density at radius 3 is 2.70 bits per heavy atom. The summed E-state index contributed by atoms with van der Waals surface area (Å²) in [6.45, 7) is 1.30. The molecule has 0 spiro atoms. The van der Waals surface area contributed by atoms with Crippen LogP contribution in [0.25, 0.3) is 0 Å². The Labute approximate surface area is 120 Å². The van der Waals surface area contributed by atoms with Crippen LogP contribution in [0.1, 0.15) is 50.7 Å². The monoisotopic (exact) mass is 277 g/mol. The highest BCUT2D eigenvalue weighted by molar-refractivity contribution is 5.81. The molecule has 0 N–H and O–H groups in total. The molecule has 2 heterocycles. The molecule has 1 aromatic heterocycles. The summed E-state index contributed by atoms with van der Waals surface area (Å²) in [6.07, 6.45) is 9.25. The van der Waals surface area contributed by atoms with Gasteiger partial charge in [-0.3, -0.25) is 4.79 Å². The van der Waals surface area contributed by atoms with Crippen LogP contribution in [0.4, 0.5) is 0 Å². The van der Waals surface area contributed by atoms with E-state index in [2.05, 4.69) is 0 Å². The third kappa shape index (κ3) is 3.06. The van der Waals surface area contributed by atoms with Gasteiger partial charge >= 0.3 is 0 Å². The van der Waals surface area contributed by atoms with Crippen molar-refractivity contribution in [3.8, 4) is 0 Å². The summed E-state index contributed by atoms with van der Waals surface area (Å²) in [6, 6.07) is 4.18. The average molecular weight is 277 g/mol. The van der Waals surface area contributed by atoms with Crippen molar-refractivity contribution in [2.75, 3.05) is 6.61 Å². The molecule has 1 aliphatic carbocycles. The van der Waals surface area contributed by atoms with Crippen LogP contribution < -0.4 is 0 Å². The Bertz CT molecular complexity index is 417. The topological polar surface area (TPSA) is 42.7 Å². The molecular formula is C16H23NO3. The standard InChI is InChI=1S/C16H23NO3/c18-16(15-9-5-11-20-15)17(12-14-8-4-10-19-14)13-6-2-1-3-7-13/h4,8,10,13,15H,1-3,5-7,9,11-12H2/t15-/m1/s1. The van der Waals surface area contributed by atoms with Gasteiger partial charge in [-0.2, -0.15) is 0 Å². The molecule has 110 valence electrons. The van der Waals surface area contributed by atoms with Crippen LogP contribution in [0.5, 0.6) is 0 Å². The minimum absolute atomic E-state index is 0.158. The van der Waals surface area contributed by atoms with Gasteiger partial charge in [0, 0.05) is 12.6 Å². The maximum Gasteiger partial charge on any atom is 0.252 e. The van der Waals surface area contributed by atoms with Gasteiger partial charge in [0.1, 0.15) is 11.9 Å². The zero-order chi connectivity index (χ0) is 13.8. The van der Waals surface area contributed by atoms with E-state index in [0.29, 0.717) is 12.6 Å². The van der Waals surface area contributed by atoms with Crippen molar-refractivity contribution >= 4 is 5.91 Å². The van der Waals surface area contributed by atoms with E-state index in [1.807, 2.05) is 17.0 Å². The third-order valence-corrected chi connectivity index (χ3v) is 4.41. The number of furan rings is 1. The van der Waals surface area contributed by atoms with E-state index < -0.39 is 0 Å². The number of rotatable bonds is 4. The van der Waals surface area contributed by atoms with E-state index in [4.69, 9.17) is 9.15 Å². The lowest BCUT2D eigenvalue weighted by Gasteiger charge is -2.35. The quantitative estimate of drug-likeness (QED) is 0.849. The summed E-state index contributed by atoms with van der Waals surface area (Å²) in [5, 5.41) is 0.